The Kier molecular flexibility index (Phi) is 7.12. The molecular weight excluding hydrogens is 727 g/mol. The van der Waals surface area contributed by atoms with Gasteiger partial charge in [0.25, 0.3) is 0 Å². The van der Waals surface area contributed by atoms with Crippen molar-refractivity contribution in [3.8, 4) is 39.5 Å². The molecule has 12 rings (SSSR count). The Balaban J connectivity index is 1.13. The van der Waals surface area contributed by atoms with Gasteiger partial charge in [-0.25, -0.2) is 9.97 Å². The number of nitrogens with zero attached hydrogens (tertiary/aromatic N) is 3. The molecule has 0 saturated heterocycles. The number of rotatable bonds is 5. The van der Waals surface area contributed by atoms with Crippen LogP contribution in [0.3, 0.4) is 0 Å². The number of hydrogen-bond donors (Lipinski definition) is 0. The van der Waals surface area contributed by atoms with Gasteiger partial charge in [0.2, 0.25) is 8.07 Å². The lowest BCUT2D eigenvalue weighted by molar-refractivity contribution is 1.18. The smallest absolute Gasteiger partial charge is 0.203 e. The SMILES string of the molecule is c1ccc(-c2nc(-c3ccc(-n4c5ccccc5c5ccc6c7ccccc7sc6c54)cc3)c3c(n2)[Si](c2ccccc2)(c2ccccc2)c2ccccc2-3)cc1. The average molecular weight is 760 g/mol. The van der Waals surface area contributed by atoms with Gasteiger partial charge < -0.3 is 4.57 Å². The van der Waals surface area contributed by atoms with E-state index in [4.69, 9.17) is 9.97 Å². The second-order valence-corrected chi connectivity index (χ2v) is 19.6. The van der Waals surface area contributed by atoms with Crippen LogP contribution in [0.2, 0.25) is 0 Å². The summed E-state index contributed by atoms with van der Waals surface area (Å²) in [5.41, 5.74) is 9.00. The van der Waals surface area contributed by atoms with E-state index in [2.05, 4.69) is 205 Å². The second-order valence-electron chi connectivity index (χ2n) is 14.8. The van der Waals surface area contributed by atoms with Crippen molar-refractivity contribution in [3.05, 3.63) is 200 Å². The Morgan fingerprint density at radius 1 is 0.456 bits per heavy atom. The maximum atomic E-state index is 5.65. The minimum Gasteiger partial charge on any atom is -0.308 e. The fraction of sp³-hybridized carbons (Fsp3) is 0. The third kappa shape index (κ3) is 4.64. The van der Waals surface area contributed by atoms with Crippen molar-refractivity contribution < 1.29 is 0 Å². The van der Waals surface area contributed by atoms with Gasteiger partial charge >= 0.3 is 0 Å². The quantitative estimate of drug-likeness (QED) is 0.164. The van der Waals surface area contributed by atoms with Crippen LogP contribution in [-0.2, 0) is 0 Å². The summed E-state index contributed by atoms with van der Waals surface area (Å²) in [7, 11) is -2.86. The third-order valence-corrected chi connectivity index (χ3v) is 17.8. The van der Waals surface area contributed by atoms with E-state index in [1.807, 2.05) is 11.3 Å². The van der Waals surface area contributed by atoms with Crippen LogP contribution in [0.4, 0.5) is 0 Å². The fourth-order valence-corrected chi connectivity index (χ4v) is 15.7. The second kappa shape index (κ2) is 12.5. The maximum absolute atomic E-state index is 5.65. The first-order valence-electron chi connectivity index (χ1n) is 19.4. The highest BCUT2D eigenvalue weighted by molar-refractivity contribution is 7.26. The zero-order valence-electron chi connectivity index (χ0n) is 30.8. The molecule has 1 aliphatic rings. The average Bonchev–Trinajstić information content (AvgIpc) is 3.94. The van der Waals surface area contributed by atoms with E-state index >= 15 is 0 Å². The van der Waals surface area contributed by atoms with Crippen molar-refractivity contribution in [1.29, 1.82) is 0 Å². The highest BCUT2D eigenvalue weighted by atomic mass is 32.1. The third-order valence-electron chi connectivity index (χ3n) is 11.9. The Hall–Kier alpha value is -6.92. The van der Waals surface area contributed by atoms with Gasteiger partial charge in [0.05, 0.1) is 26.7 Å². The Bertz CT molecular complexity index is 3300. The summed E-state index contributed by atoms with van der Waals surface area (Å²) >= 11 is 1.88. The molecule has 0 atom stereocenters. The molecule has 266 valence electrons. The number of para-hydroxylation sites is 1. The zero-order valence-corrected chi connectivity index (χ0v) is 32.6. The molecule has 3 nitrogen and oxygen atoms in total. The molecule has 8 aromatic carbocycles. The molecule has 0 saturated carbocycles. The lowest BCUT2D eigenvalue weighted by Crippen LogP contribution is -2.73. The van der Waals surface area contributed by atoms with Crippen LogP contribution in [0.1, 0.15) is 0 Å². The van der Waals surface area contributed by atoms with Crippen LogP contribution >= 0.6 is 11.3 Å². The first kappa shape index (κ1) is 32.3. The Morgan fingerprint density at radius 3 is 1.82 bits per heavy atom. The number of fused-ring (bicyclic) bond motifs is 10. The number of thiophene rings is 1. The van der Waals surface area contributed by atoms with Gasteiger partial charge in [0, 0.05) is 48.6 Å². The summed E-state index contributed by atoms with van der Waals surface area (Å²) in [6.07, 6.45) is 0. The molecule has 0 spiro atoms. The molecule has 0 radical (unpaired) electrons. The molecule has 11 aromatic rings. The van der Waals surface area contributed by atoms with Crippen molar-refractivity contribution in [3.63, 3.8) is 0 Å². The molecule has 1 aliphatic heterocycles. The predicted octanol–water partition coefficient (Wildman–Crippen LogP) is 10.6. The van der Waals surface area contributed by atoms with E-state index in [1.165, 1.54) is 63.1 Å². The van der Waals surface area contributed by atoms with Crippen LogP contribution in [0.5, 0.6) is 0 Å². The summed E-state index contributed by atoms with van der Waals surface area (Å²) in [5.74, 6) is 0.750. The highest BCUT2D eigenvalue weighted by Crippen LogP contribution is 2.43. The minimum absolute atomic E-state index is 0.750. The summed E-state index contributed by atoms with van der Waals surface area (Å²) in [5, 5.41) is 10.3. The molecule has 0 bridgehead atoms. The predicted molar refractivity (Wildman–Crippen MR) is 243 cm³/mol. The van der Waals surface area contributed by atoms with Crippen molar-refractivity contribution in [2.45, 2.75) is 0 Å². The Labute approximate surface area is 334 Å². The topological polar surface area (TPSA) is 30.7 Å². The molecule has 3 aromatic heterocycles. The molecule has 4 heterocycles. The molecule has 0 fully saturated rings. The highest BCUT2D eigenvalue weighted by Gasteiger charge is 2.51. The number of benzene rings is 8. The van der Waals surface area contributed by atoms with E-state index in [1.54, 1.807) is 0 Å². The van der Waals surface area contributed by atoms with Crippen molar-refractivity contribution in [1.82, 2.24) is 14.5 Å². The van der Waals surface area contributed by atoms with E-state index in [9.17, 15) is 0 Å². The van der Waals surface area contributed by atoms with Gasteiger partial charge in [-0.3, -0.25) is 0 Å². The first-order chi connectivity index (χ1) is 28.3. The standard InChI is InChI=1S/C52H33N3SSi/c1-4-16-35(17-5-1)51-53-48(47-43-24-12-15-27-46(43)57(52(47)54-51,37-18-6-2-7-19-37)38-20-8-3-9-21-38)34-28-30-36(31-29-34)55-44-25-13-10-22-39(44)41-32-33-42-40-23-11-14-26-45(40)56-50(42)49(41)55/h1-33H. The first-order valence-corrected chi connectivity index (χ1v) is 22.2. The number of aromatic nitrogens is 3. The monoisotopic (exact) mass is 759 g/mol. The zero-order chi connectivity index (χ0) is 37.5. The van der Waals surface area contributed by atoms with Crippen molar-refractivity contribution in [2.75, 3.05) is 0 Å². The van der Waals surface area contributed by atoms with Gasteiger partial charge in [-0.2, -0.15) is 0 Å². The van der Waals surface area contributed by atoms with Gasteiger partial charge in [0.1, 0.15) is 0 Å². The van der Waals surface area contributed by atoms with E-state index in [0.717, 1.165) is 39.2 Å². The largest absolute Gasteiger partial charge is 0.308 e. The summed E-state index contributed by atoms with van der Waals surface area (Å²) in [6, 6.07) is 72.9. The maximum Gasteiger partial charge on any atom is 0.203 e. The molecule has 0 N–H and O–H groups in total. The summed E-state index contributed by atoms with van der Waals surface area (Å²) in [4.78, 5) is 11.2. The van der Waals surface area contributed by atoms with E-state index in [-0.39, 0.29) is 0 Å². The van der Waals surface area contributed by atoms with Crippen molar-refractivity contribution in [2.24, 2.45) is 0 Å². The van der Waals surface area contributed by atoms with Gasteiger partial charge in [0.15, 0.2) is 5.82 Å². The molecule has 0 unspecified atom stereocenters. The molecule has 0 amide bonds. The van der Waals surface area contributed by atoms with Crippen LogP contribution < -0.4 is 20.9 Å². The van der Waals surface area contributed by atoms with Crippen LogP contribution in [-0.4, -0.2) is 22.6 Å². The van der Waals surface area contributed by atoms with Gasteiger partial charge in [-0.05, 0) is 45.4 Å². The summed E-state index contributed by atoms with van der Waals surface area (Å²) < 4.78 is 5.09. The molecule has 57 heavy (non-hydrogen) atoms. The molecule has 5 heteroatoms. The van der Waals surface area contributed by atoms with E-state index in [0.29, 0.717) is 0 Å². The van der Waals surface area contributed by atoms with Crippen LogP contribution in [0, 0.1) is 0 Å². The van der Waals surface area contributed by atoms with Gasteiger partial charge in [-0.1, -0.05) is 176 Å². The van der Waals surface area contributed by atoms with E-state index < -0.39 is 8.07 Å². The normalized spacial score (nSPS) is 13.1. The lowest BCUT2D eigenvalue weighted by atomic mass is 10.00. The lowest BCUT2D eigenvalue weighted by Gasteiger charge is -2.30. The van der Waals surface area contributed by atoms with Crippen molar-refractivity contribution >= 4 is 82.3 Å². The minimum atomic E-state index is -2.86. The summed E-state index contributed by atoms with van der Waals surface area (Å²) in [6.45, 7) is 0. The molecule has 0 aliphatic carbocycles. The molecular formula is C52H33N3SSi. The Morgan fingerprint density at radius 2 is 1.07 bits per heavy atom. The fourth-order valence-electron chi connectivity index (χ4n) is 9.46. The van der Waals surface area contributed by atoms with Gasteiger partial charge in [-0.15, -0.1) is 11.3 Å². The number of hydrogen-bond acceptors (Lipinski definition) is 3. The van der Waals surface area contributed by atoms with Crippen LogP contribution in [0.25, 0.3) is 81.4 Å². The van der Waals surface area contributed by atoms with Crippen LogP contribution in [0.15, 0.2) is 200 Å².